The standard InChI is InChI=1S/C20H28N2O2S/c1-15-8-9-17(25-2)14-18(15)20(24)22-12-10-21(11-13-22)19(23)16-6-4-3-5-7-16/h8-9,14,16H,3-7,10-13H2,1-2H3. The number of thioether (sulfide) groups is 1. The fourth-order valence-corrected chi connectivity index (χ4v) is 4.31. The molecule has 0 spiro atoms. The van der Waals surface area contributed by atoms with Crippen LogP contribution < -0.4 is 0 Å². The van der Waals surface area contributed by atoms with Crippen molar-refractivity contribution in [3.8, 4) is 0 Å². The van der Waals surface area contributed by atoms with Gasteiger partial charge >= 0.3 is 0 Å². The maximum Gasteiger partial charge on any atom is 0.254 e. The average molecular weight is 361 g/mol. The lowest BCUT2D eigenvalue weighted by atomic mass is 9.88. The minimum Gasteiger partial charge on any atom is -0.339 e. The molecule has 0 atom stereocenters. The van der Waals surface area contributed by atoms with Crippen LogP contribution in [0.1, 0.15) is 48.0 Å². The summed E-state index contributed by atoms with van der Waals surface area (Å²) in [5.74, 6) is 0.627. The molecule has 0 unspecified atom stereocenters. The fraction of sp³-hybridized carbons (Fsp3) is 0.600. The first-order valence-corrected chi connectivity index (χ1v) is 10.6. The molecular weight excluding hydrogens is 332 g/mol. The molecule has 1 saturated carbocycles. The summed E-state index contributed by atoms with van der Waals surface area (Å²) in [5.41, 5.74) is 1.81. The highest BCUT2D eigenvalue weighted by Crippen LogP contribution is 2.26. The Kier molecular flexibility index (Phi) is 6.05. The second kappa shape index (κ2) is 8.26. The van der Waals surface area contributed by atoms with Gasteiger partial charge in [0.1, 0.15) is 0 Å². The van der Waals surface area contributed by atoms with Crippen LogP contribution in [0.2, 0.25) is 0 Å². The first kappa shape index (κ1) is 18.3. The third kappa shape index (κ3) is 4.20. The minimum atomic E-state index is 0.0955. The monoisotopic (exact) mass is 360 g/mol. The molecule has 0 N–H and O–H groups in total. The largest absolute Gasteiger partial charge is 0.339 e. The molecule has 1 aliphatic carbocycles. The number of aryl methyl sites for hydroxylation is 1. The highest BCUT2D eigenvalue weighted by molar-refractivity contribution is 7.98. The van der Waals surface area contributed by atoms with Crippen LogP contribution in [-0.2, 0) is 4.79 Å². The van der Waals surface area contributed by atoms with Gasteiger partial charge in [-0.25, -0.2) is 0 Å². The average Bonchev–Trinajstić information content (AvgIpc) is 2.68. The minimum absolute atomic E-state index is 0.0955. The van der Waals surface area contributed by atoms with Crippen molar-refractivity contribution in [3.63, 3.8) is 0 Å². The number of amides is 2. The number of rotatable bonds is 3. The summed E-state index contributed by atoms with van der Waals surface area (Å²) in [4.78, 5) is 30.5. The van der Waals surface area contributed by atoms with Crippen molar-refractivity contribution in [1.82, 2.24) is 9.80 Å². The fourth-order valence-electron chi connectivity index (χ4n) is 3.87. The highest BCUT2D eigenvalue weighted by Gasteiger charge is 2.30. The number of carbonyl (C=O) groups is 2. The number of nitrogens with zero attached hydrogens (tertiary/aromatic N) is 2. The number of hydrogen-bond donors (Lipinski definition) is 0. The van der Waals surface area contributed by atoms with Crippen LogP contribution in [0.5, 0.6) is 0 Å². The molecule has 0 radical (unpaired) electrons. The molecule has 5 heteroatoms. The van der Waals surface area contributed by atoms with E-state index < -0.39 is 0 Å². The molecule has 25 heavy (non-hydrogen) atoms. The Bertz CT molecular complexity index is 633. The molecule has 1 saturated heterocycles. The molecule has 136 valence electrons. The third-order valence-electron chi connectivity index (χ3n) is 5.51. The number of piperazine rings is 1. The third-order valence-corrected chi connectivity index (χ3v) is 6.23. The molecule has 0 aromatic heterocycles. The first-order valence-electron chi connectivity index (χ1n) is 9.33. The Balaban J connectivity index is 1.60. The molecule has 3 rings (SSSR count). The van der Waals surface area contributed by atoms with Crippen molar-refractivity contribution in [2.75, 3.05) is 32.4 Å². The van der Waals surface area contributed by atoms with E-state index in [9.17, 15) is 9.59 Å². The van der Waals surface area contributed by atoms with Crippen LogP contribution in [0.3, 0.4) is 0 Å². The molecule has 0 bridgehead atoms. The van der Waals surface area contributed by atoms with Crippen LogP contribution in [0.4, 0.5) is 0 Å². The summed E-state index contributed by atoms with van der Waals surface area (Å²) in [6.07, 6.45) is 7.73. The van der Waals surface area contributed by atoms with Gasteiger partial charge < -0.3 is 9.80 Å². The lowest BCUT2D eigenvalue weighted by Gasteiger charge is -2.37. The maximum atomic E-state index is 12.9. The Morgan fingerprint density at radius 3 is 2.28 bits per heavy atom. The van der Waals surface area contributed by atoms with E-state index in [-0.39, 0.29) is 11.8 Å². The van der Waals surface area contributed by atoms with Gasteiger partial charge in [-0.2, -0.15) is 0 Å². The maximum absolute atomic E-state index is 12.9. The molecule has 4 nitrogen and oxygen atoms in total. The molecule has 2 amide bonds. The van der Waals surface area contributed by atoms with Gasteiger partial charge in [-0.3, -0.25) is 9.59 Å². The van der Waals surface area contributed by atoms with Crippen LogP contribution in [0, 0.1) is 12.8 Å². The summed E-state index contributed by atoms with van der Waals surface area (Å²) in [6, 6.07) is 6.06. The number of benzene rings is 1. The zero-order valence-electron chi connectivity index (χ0n) is 15.3. The Hall–Kier alpha value is -1.49. The summed E-state index contributed by atoms with van der Waals surface area (Å²) in [6.45, 7) is 4.60. The van der Waals surface area contributed by atoms with E-state index in [0.29, 0.717) is 32.1 Å². The molecule has 1 aromatic rings. The van der Waals surface area contributed by atoms with Crippen molar-refractivity contribution in [2.24, 2.45) is 5.92 Å². The Morgan fingerprint density at radius 1 is 1.00 bits per heavy atom. The van der Waals surface area contributed by atoms with E-state index in [2.05, 4.69) is 6.07 Å². The Morgan fingerprint density at radius 2 is 1.64 bits per heavy atom. The predicted molar refractivity (Wildman–Crippen MR) is 102 cm³/mol. The molecule has 2 fully saturated rings. The Labute approximate surface area is 154 Å². The second-order valence-corrected chi connectivity index (χ2v) is 8.01. The molecule has 1 aliphatic heterocycles. The van der Waals surface area contributed by atoms with Crippen LogP contribution in [-0.4, -0.2) is 54.0 Å². The lowest BCUT2D eigenvalue weighted by Crippen LogP contribution is -2.52. The number of hydrogen-bond acceptors (Lipinski definition) is 3. The highest BCUT2D eigenvalue weighted by atomic mass is 32.2. The van der Waals surface area contributed by atoms with E-state index in [1.165, 1.54) is 19.3 Å². The lowest BCUT2D eigenvalue weighted by molar-refractivity contribution is -0.138. The molecular formula is C20H28N2O2S. The topological polar surface area (TPSA) is 40.6 Å². The summed E-state index contributed by atoms with van der Waals surface area (Å²) >= 11 is 1.65. The van der Waals surface area contributed by atoms with Gasteiger partial charge in [-0.15, -0.1) is 11.8 Å². The van der Waals surface area contributed by atoms with E-state index in [1.54, 1.807) is 11.8 Å². The van der Waals surface area contributed by atoms with Gasteiger partial charge in [-0.1, -0.05) is 25.3 Å². The molecule has 1 aromatic carbocycles. The zero-order chi connectivity index (χ0) is 17.8. The van der Waals surface area contributed by atoms with Crippen LogP contribution >= 0.6 is 11.8 Å². The van der Waals surface area contributed by atoms with Gasteiger partial charge in [0.25, 0.3) is 5.91 Å². The molecule has 1 heterocycles. The van der Waals surface area contributed by atoms with Crippen LogP contribution in [0.15, 0.2) is 23.1 Å². The van der Waals surface area contributed by atoms with Gasteiger partial charge in [-0.05, 0) is 43.7 Å². The second-order valence-electron chi connectivity index (χ2n) is 7.13. The van der Waals surface area contributed by atoms with Gasteiger partial charge in [0.15, 0.2) is 0 Å². The normalized spacial score (nSPS) is 19.1. The zero-order valence-corrected chi connectivity index (χ0v) is 16.1. The first-order chi connectivity index (χ1) is 12.1. The summed E-state index contributed by atoms with van der Waals surface area (Å²) in [7, 11) is 0. The van der Waals surface area contributed by atoms with Crippen molar-refractivity contribution >= 4 is 23.6 Å². The van der Waals surface area contributed by atoms with E-state index in [4.69, 9.17) is 0 Å². The summed E-state index contributed by atoms with van der Waals surface area (Å²) < 4.78 is 0. The van der Waals surface area contributed by atoms with Gasteiger partial charge in [0.2, 0.25) is 5.91 Å². The van der Waals surface area contributed by atoms with Crippen molar-refractivity contribution in [3.05, 3.63) is 29.3 Å². The van der Waals surface area contributed by atoms with Crippen molar-refractivity contribution in [2.45, 2.75) is 43.9 Å². The SMILES string of the molecule is CSc1ccc(C)c(C(=O)N2CCN(C(=O)C3CCCCC3)CC2)c1. The van der Waals surface area contributed by atoms with Gasteiger partial charge in [0, 0.05) is 42.6 Å². The van der Waals surface area contributed by atoms with Gasteiger partial charge in [0.05, 0.1) is 0 Å². The van der Waals surface area contributed by atoms with E-state index in [0.717, 1.165) is 28.9 Å². The smallest absolute Gasteiger partial charge is 0.254 e. The molecule has 2 aliphatic rings. The quantitative estimate of drug-likeness (QED) is 0.774. The van der Waals surface area contributed by atoms with Crippen molar-refractivity contribution < 1.29 is 9.59 Å². The predicted octanol–water partition coefficient (Wildman–Crippen LogP) is 3.58. The van der Waals surface area contributed by atoms with E-state index in [1.807, 2.05) is 35.1 Å². The van der Waals surface area contributed by atoms with E-state index >= 15 is 0 Å². The number of carbonyl (C=O) groups excluding carboxylic acids is 2. The van der Waals surface area contributed by atoms with Crippen molar-refractivity contribution in [1.29, 1.82) is 0 Å². The summed E-state index contributed by atoms with van der Waals surface area (Å²) in [5, 5.41) is 0. The van der Waals surface area contributed by atoms with Crippen LogP contribution in [0.25, 0.3) is 0 Å².